The van der Waals surface area contributed by atoms with Crippen LogP contribution in [-0.2, 0) is 6.42 Å². The van der Waals surface area contributed by atoms with Gasteiger partial charge in [-0.1, -0.05) is 0 Å². The Morgan fingerprint density at radius 1 is 1.28 bits per heavy atom. The highest BCUT2D eigenvalue weighted by Crippen LogP contribution is 2.34. The number of thiophene rings is 1. The lowest BCUT2D eigenvalue weighted by Gasteiger charge is -2.23. The number of hydrogen-bond donors (Lipinski definition) is 1. The van der Waals surface area contributed by atoms with Gasteiger partial charge in [-0.25, -0.2) is 9.97 Å². The molecule has 0 aromatic carbocycles. The van der Waals surface area contributed by atoms with Crippen LogP contribution in [0.2, 0.25) is 0 Å². The summed E-state index contributed by atoms with van der Waals surface area (Å²) in [6.45, 7) is 4.02. The number of aromatic nitrogens is 2. The van der Waals surface area contributed by atoms with E-state index in [0.29, 0.717) is 6.04 Å². The summed E-state index contributed by atoms with van der Waals surface area (Å²) in [6, 6.07) is 4.61. The van der Waals surface area contributed by atoms with Gasteiger partial charge in [0.2, 0.25) is 5.95 Å². The second kappa shape index (κ2) is 4.69. The monoisotopic (exact) mass is 259 g/mol. The molecule has 0 bridgehead atoms. The molecule has 2 aromatic heterocycles. The van der Waals surface area contributed by atoms with E-state index in [-0.39, 0.29) is 0 Å². The Kier molecular flexibility index (Phi) is 3.04. The molecule has 0 amide bonds. The van der Waals surface area contributed by atoms with Crippen LogP contribution in [-0.4, -0.2) is 9.97 Å². The van der Waals surface area contributed by atoms with E-state index in [1.165, 1.54) is 29.7 Å². The Balaban J connectivity index is 1.86. The summed E-state index contributed by atoms with van der Waals surface area (Å²) in [5.41, 5.74) is 3.48. The molecule has 4 heteroatoms. The molecule has 0 radical (unpaired) electrons. The molecule has 2 heterocycles. The summed E-state index contributed by atoms with van der Waals surface area (Å²) in [6.07, 6.45) is 3.63. The largest absolute Gasteiger partial charge is 0.347 e. The van der Waals surface area contributed by atoms with Gasteiger partial charge in [0.15, 0.2) is 0 Å². The maximum Gasteiger partial charge on any atom is 0.223 e. The van der Waals surface area contributed by atoms with Crippen molar-refractivity contribution in [3.63, 3.8) is 0 Å². The fourth-order valence-electron chi connectivity index (χ4n) is 2.58. The van der Waals surface area contributed by atoms with Gasteiger partial charge in [-0.3, -0.25) is 0 Å². The van der Waals surface area contributed by atoms with Gasteiger partial charge in [0.05, 0.1) is 6.04 Å². The molecule has 2 aromatic rings. The van der Waals surface area contributed by atoms with Crippen molar-refractivity contribution in [2.24, 2.45) is 0 Å². The second-order valence-electron chi connectivity index (χ2n) is 4.86. The lowest BCUT2D eigenvalue weighted by atomic mass is 9.94. The SMILES string of the molecule is Cc1cc(C)nc(NC2CCCc3sccc32)n1. The lowest BCUT2D eigenvalue weighted by Crippen LogP contribution is -2.17. The summed E-state index contributed by atoms with van der Waals surface area (Å²) in [4.78, 5) is 10.4. The molecule has 0 saturated carbocycles. The van der Waals surface area contributed by atoms with Gasteiger partial charge in [0.25, 0.3) is 0 Å². The molecule has 3 nitrogen and oxygen atoms in total. The van der Waals surface area contributed by atoms with E-state index in [0.717, 1.165) is 17.3 Å². The van der Waals surface area contributed by atoms with E-state index < -0.39 is 0 Å². The Hall–Kier alpha value is -1.42. The van der Waals surface area contributed by atoms with E-state index in [9.17, 15) is 0 Å². The van der Waals surface area contributed by atoms with Crippen LogP contribution in [0.5, 0.6) is 0 Å². The van der Waals surface area contributed by atoms with Crippen molar-refractivity contribution in [2.75, 3.05) is 5.32 Å². The third-order valence-electron chi connectivity index (χ3n) is 3.34. The summed E-state index contributed by atoms with van der Waals surface area (Å²) in [5, 5.41) is 5.68. The van der Waals surface area contributed by atoms with Crippen LogP contribution in [0.3, 0.4) is 0 Å². The molecule has 18 heavy (non-hydrogen) atoms. The van der Waals surface area contributed by atoms with Crippen LogP contribution in [0.25, 0.3) is 0 Å². The van der Waals surface area contributed by atoms with Gasteiger partial charge < -0.3 is 5.32 Å². The molecular formula is C14H17N3S. The molecular weight excluding hydrogens is 242 g/mol. The Labute approximate surface area is 111 Å². The number of nitrogens with one attached hydrogen (secondary N) is 1. The van der Waals surface area contributed by atoms with Crippen molar-refractivity contribution >= 4 is 17.3 Å². The molecule has 3 rings (SSSR count). The van der Waals surface area contributed by atoms with Gasteiger partial charge in [-0.05, 0) is 56.2 Å². The van der Waals surface area contributed by atoms with E-state index in [1.807, 2.05) is 31.3 Å². The molecule has 0 saturated heterocycles. The van der Waals surface area contributed by atoms with Crippen molar-refractivity contribution in [3.8, 4) is 0 Å². The van der Waals surface area contributed by atoms with E-state index in [2.05, 4.69) is 26.7 Å². The average Bonchev–Trinajstić information content (AvgIpc) is 2.76. The molecule has 94 valence electrons. The number of fused-ring (bicyclic) bond motifs is 1. The first-order chi connectivity index (χ1) is 8.72. The maximum atomic E-state index is 4.47. The van der Waals surface area contributed by atoms with Gasteiger partial charge >= 0.3 is 0 Å². The van der Waals surface area contributed by atoms with Crippen LogP contribution in [0.1, 0.15) is 40.7 Å². The Morgan fingerprint density at radius 2 is 2.06 bits per heavy atom. The molecule has 0 aliphatic heterocycles. The van der Waals surface area contributed by atoms with Gasteiger partial charge in [-0.2, -0.15) is 0 Å². The Morgan fingerprint density at radius 3 is 2.83 bits per heavy atom. The summed E-state index contributed by atoms with van der Waals surface area (Å²) < 4.78 is 0. The fourth-order valence-corrected chi connectivity index (χ4v) is 3.57. The normalized spacial score (nSPS) is 18.4. The first kappa shape index (κ1) is 11.7. The van der Waals surface area contributed by atoms with Gasteiger partial charge in [0, 0.05) is 16.3 Å². The third-order valence-corrected chi connectivity index (χ3v) is 4.33. The zero-order valence-corrected chi connectivity index (χ0v) is 11.5. The molecule has 1 N–H and O–H groups in total. The van der Waals surface area contributed by atoms with Gasteiger partial charge in [-0.15, -0.1) is 11.3 Å². The van der Waals surface area contributed by atoms with Crippen LogP contribution in [0, 0.1) is 13.8 Å². The van der Waals surface area contributed by atoms with Crippen molar-refractivity contribution in [1.82, 2.24) is 9.97 Å². The average molecular weight is 259 g/mol. The van der Waals surface area contributed by atoms with Crippen LogP contribution in [0.4, 0.5) is 5.95 Å². The quantitative estimate of drug-likeness (QED) is 0.894. The van der Waals surface area contributed by atoms with Crippen molar-refractivity contribution in [3.05, 3.63) is 39.3 Å². The number of hydrogen-bond acceptors (Lipinski definition) is 4. The number of aryl methyl sites for hydroxylation is 3. The predicted molar refractivity (Wildman–Crippen MR) is 75.1 cm³/mol. The van der Waals surface area contributed by atoms with E-state index in [4.69, 9.17) is 0 Å². The van der Waals surface area contributed by atoms with Crippen LogP contribution >= 0.6 is 11.3 Å². The smallest absolute Gasteiger partial charge is 0.223 e. The summed E-state index contributed by atoms with van der Waals surface area (Å²) >= 11 is 1.87. The summed E-state index contributed by atoms with van der Waals surface area (Å²) in [7, 11) is 0. The van der Waals surface area contributed by atoms with Crippen molar-refractivity contribution in [1.29, 1.82) is 0 Å². The Bertz CT molecular complexity index is 542. The lowest BCUT2D eigenvalue weighted by molar-refractivity contribution is 0.604. The molecule has 0 spiro atoms. The zero-order chi connectivity index (χ0) is 12.5. The molecule has 1 unspecified atom stereocenters. The van der Waals surface area contributed by atoms with Gasteiger partial charge in [0.1, 0.15) is 0 Å². The minimum absolute atomic E-state index is 0.376. The minimum Gasteiger partial charge on any atom is -0.347 e. The first-order valence-electron chi connectivity index (χ1n) is 6.37. The number of nitrogens with zero attached hydrogens (tertiary/aromatic N) is 2. The zero-order valence-electron chi connectivity index (χ0n) is 10.7. The van der Waals surface area contributed by atoms with Crippen LogP contribution < -0.4 is 5.32 Å². The second-order valence-corrected chi connectivity index (χ2v) is 5.86. The van der Waals surface area contributed by atoms with Crippen molar-refractivity contribution in [2.45, 2.75) is 39.2 Å². The number of anilines is 1. The van der Waals surface area contributed by atoms with E-state index in [1.54, 1.807) is 0 Å². The molecule has 1 aliphatic rings. The standard InChI is InChI=1S/C14H17N3S/c1-9-8-10(2)16-14(15-9)17-12-4-3-5-13-11(12)6-7-18-13/h6-8,12H,3-5H2,1-2H3,(H,15,16,17). The minimum atomic E-state index is 0.376. The van der Waals surface area contributed by atoms with Crippen LogP contribution in [0.15, 0.2) is 17.5 Å². The highest BCUT2D eigenvalue weighted by molar-refractivity contribution is 7.10. The highest BCUT2D eigenvalue weighted by atomic mass is 32.1. The van der Waals surface area contributed by atoms with E-state index >= 15 is 0 Å². The topological polar surface area (TPSA) is 37.8 Å². The summed E-state index contributed by atoms with van der Waals surface area (Å²) in [5.74, 6) is 0.761. The third kappa shape index (κ3) is 2.25. The maximum absolute atomic E-state index is 4.47. The highest BCUT2D eigenvalue weighted by Gasteiger charge is 2.21. The molecule has 1 aliphatic carbocycles. The number of rotatable bonds is 2. The first-order valence-corrected chi connectivity index (χ1v) is 7.25. The molecule has 0 fully saturated rings. The predicted octanol–water partition coefficient (Wildman–Crippen LogP) is 3.64. The fraction of sp³-hybridized carbons (Fsp3) is 0.429. The molecule has 1 atom stereocenters. The van der Waals surface area contributed by atoms with Crippen molar-refractivity contribution < 1.29 is 0 Å².